The van der Waals surface area contributed by atoms with Gasteiger partial charge in [0.1, 0.15) is 0 Å². The van der Waals surface area contributed by atoms with Crippen LogP contribution in [0.2, 0.25) is 0 Å². The Morgan fingerprint density at radius 3 is 2.03 bits per heavy atom. The molecule has 0 amide bonds. The molecule has 32 heavy (non-hydrogen) atoms. The Balaban J connectivity index is 1.64. The number of benzene rings is 5. The first kappa shape index (κ1) is 17.3. The molecule has 0 fully saturated rings. The monoisotopic (exact) mass is 409 g/mol. The summed E-state index contributed by atoms with van der Waals surface area (Å²) in [7, 11) is 0. The molecule has 1 aliphatic rings. The largest absolute Gasteiger partial charge is 0.352 e. The van der Waals surface area contributed by atoms with Gasteiger partial charge in [0.05, 0.1) is 34.6 Å². The Bertz CT molecular complexity index is 1660. The molecule has 1 N–H and O–H groups in total. The average molecular weight is 409 g/mol. The molecule has 0 radical (unpaired) electrons. The molecule has 7 rings (SSSR count). The van der Waals surface area contributed by atoms with Gasteiger partial charge in [-0.3, -0.25) is 4.98 Å². The first-order valence-corrected chi connectivity index (χ1v) is 10.8. The third kappa shape index (κ3) is 2.39. The number of nitrogens with zero attached hydrogens (tertiary/aromatic N) is 2. The molecule has 5 aromatic carbocycles. The van der Waals surface area contributed by atoms with E-state index in [4.69, 9.17) is 0 Å². The van der Waals surface area contributed by atoms with Gasteiger partial charge >= 0.3 is 0 Å². The maximum Gasteiger partial charge on any atom is 0.0777 e. The minimum Gasteiger partial charge on any atom is -0.352 e. The van der Waals surface area contributed by atoms with Crippen molar-refractivity contribution in [3.63, 3.8) is 0 Å². The smallest absolute Gasteiger partial charge is 0.0777 e. The zero-order valence-corrected chi connectivity index (χ0v) is 17.3. The van der Waals surface area contributed by atoms with Crippen LogP contribution in [0.15, 0.2) is 109 Å². The normalized spacial score (nSPS) is 12.6. The van der Waals surface area contributed by atoms with E-state index in [1.165, 1.54) is 26.9 Å². The minimum absolute atomic E-state index is 1.08. The van der Waals surface area contributed by atoms with Crippen LogP contribution < -0.4 is 10.2 Å². The van der Waals surface area contributed by atoms with Gasteiger partial charge in [-0.2, -0.15) is 0 Å². The summed E-state index contributed by atoms with van der Waals surface area (Å²) in [5.41, 5.74) is 5.59. The summed E-state index contributed by atoms with van der Waals surface area (Å²) in [6.07, 6.45) is 3.92. The van der Waals surface area contributed by atoms with Crippen molar-refractivity contribution in [2.45, 2.75) is 0 Å². The number of hydrogen-bond donors (Lipinski definition) is 1. The fourth-order valence-electron chi connectivity index (χ4n) is 4.96. The number of fused-ring (bicyclic) bond motifs is 7. The predicted octanol–water partition coefficient (Wildman–Crippen LogP) is 8.07. The molecule has 2 heterocycles. The van der Waals surface area contributed by atoms with Crippen molar-refractivity contribution in [1.82, 2.24) is 4.98 Å². The first-order chi connectivity index (χ1) is 15.9. The summed E-state index contributed by atoms with van der Waals surface area (Å²) in [5.74, 6) is 0. The molecule has 150 valence electrons. The fourth-order valence-corrected chi connectivity index (χ4v) is 4.96. The lowest BCUT2D eigenvalue weighted by Gasteiger charge is -2.36. The number of aromatic nitrogens is 1. The van der Waals surface area contributed by atoms with E-state index in [0.717, 1.165) is 33.8 Å². The predicted molar refractivity (Wildman–Crippen MR) is 135 cm³/mol. The van der Waals surface area contributed by atoms with Crippen LogP contribution in [0.1, 0.15) is 0 Å². The van der Waals surface area contributed by atoms with E-state index < -0.39 is 0 Å². The van der Waals surface area contributed by atoms with Crippen LogP contribution in [-0.4, -0.2) is 4.98 Å². The summed E-state index contributed by atoms with van der Waals surface area (Å²) in [4.78, 5) is 6.99. The highest BCUT2D eigenvalue weighted by molar-refractivity contribution is 6.16. The highest BCUT2D eigenvalue weighted by Gasteiger charge is 2.28. The van der Waals surface area contributed by atoms with Gasteiger partial charge in [0.25, 0.3) is 0 Å². The van der Waals surface area contributed by atoms with Crippen LogP contribution in [0.5, 0.6) is 0 Å². The lowest BCUT2D eigenvalue weighted by atomic mass is 9.98. The second-order valence-corrected chi connectivity index (χ2v) is 8.20. The van der Waals surface area contributed by atoms with E-state index in [9.17, 15) is 0 Å². The Morgan fingerprint density at radius 1 is 0.531 bits per heavy atom. The number of rotatable bonds is 1. The number of anilines is 5. The number of hydrogen-bond acceptors (Lipinski definition) is 3. The van der Waals surface area contributed by atoms with Gasteiger partial charge in [-0.05, 0) is 22.9 Å². The van der Waals surface area contributed by atoms with Crippen molar-refractivity contribution in [3.8, 4) is 0 Å². The zero-order chi connectivity index (χ0) is 21.1. The minimum atomic E-state index is 1.08. The zero-order valence-electron chi connectivity index (χ0n) is 17.3. The van der Waals surface area contributed by atoms with E-state index in [1.54, 1.807) is 0 Å². The topological polar surface area (TPSA) is 28.2 Å². The lowest BCUT2D eigenvalue weighted by Crippen LogP contribution is -2.19. The van der Waals surface area contributed by atoms with Crippen molar-refractivity contribution in [2.24, 2.45) is 0 Å². The molecule has 0 saturated carbocycles. The molecular weight excluding hydrogens is 390 g/mol. The highest BCUT2D eigenvalue weighted by Crippen LogP contribution is 2.53. The molecule has 1 aromatic heterocycles. The molecular formula is C29H19N3. The summed E-state index contributed by atoms with van der Waals surface area (Å²) >= 11 is 0. The summed E-state index contributed by atoms with van der Waals surface area (Å²) < 4.78 is 0. The fraction of sp³-hybridized carbons (Fsp3) is 0. The van der Waals surface area contributed by atoms with Gasteiger partial charge in [-0.25, -0.2) is 0 Å². The molecule has 0 aliphatic carbocycles. The second-order valence-electron chi connectivity index (χ2n) is 8.20. The molecule has 0 atom stereocenters. The molecule has 3 nitrogen and oxygen atoms in total. The van der Waals surface area contributed by atoms with E-state index in [2.05, 4.69) is 112 Å². The lowest BCUT2D eigenvalue weighted by molar-refractivity contribution is 1.25. The maximum absolute atomic E-state index is 4.61. The Kier molecular flexibility index (Phi) is 3.55. The van der Waals surface area contributed by atoms with Crippen LogP contribution in [0.3, 0.4) is 0 Å². The van der Waals surface area contributed by atoms with E-state index in [-0.39, 0.29) is 0 Å². The summed E-state index contributed by atoms with van der Waals surface area (Å²) in [6, 6.07) is 34.4. The van der Waals surface area contributed by atoms with Crippen LogP contribution in [0.4, 0.5) is 28.4 Å². The van der Waals surface area contributed by atoms with Crippen LogP contribution in [-0.2, 0) is 0 Å². The molecule has 3 heteroatoms. The molecule has 0 spiro atoms. The molecule has 0 unspecified atom stereocenters. The quantitative estimate of drug-likeness (QED) is 0.297. The third-order valence-electron chi connectivity index (χ3n) is 6.42. The van der Waals surface area contributed by atoms with Gasteiger partial charge < -0.3 is 10.2 Å². The van der Waals surface area contributed by atoms with Crippen molar-refractivity contribution >= 4 is 60.8 Å². The van der Waals surface area contributed by atoms with Gasteiger partial charge in [-0.1, -0.05) is 84.9 Å². The van der Waals surface area contributed by atoms with Crippen molar-refractivity contribution in [3.05, 3.63) is 109 Å². The van der Waals surface area contributed by atoms with Crippen molar-refractivity contribution in [1.29, 1.82) is 0 Å². The SMILES string of the molecule is c1ccc2c(N3c4ccc5ccccc5c4Nc4ccc5ccccc5c43)cncc2c1. The van der Waals surface area contributed by atoms with Crippen LogP contribution in [0, 0.1) is 0 Å². The Morgan fingerprint density at radius 2 is 1.19 bits per heavy atom. The molecule has 1 aliphatic heterocycles. The van der Waals surface area contributed by atoms with E-state index in [1.807, 2.05) is 12.4 Å². The first-order valence-electron chi connectivity index (χ1n) is 10.8. The van der Waals surface area contributed by atoms with Gasteiger partial charge in [0.15, 0.2) is 0 Å². The van der Waals surface area contributed by atoms with Crippen molar-refractivity contribution < 1.29 is 0 Å². The number of nitrogens with one attached hydrogen (secondary N) is 1. The standard InChI is InChI=1S/C29H19N3/c1-5-11-23-19(7-1)14-16-26-28(23)31-25-15-13-20-8-2-6-12-24(20)29(25)32(26)27-18-30-17-21-9-3-4-10-22(21)27/h1-18,31H. The van der Waals surface area contributed by atoms with Gasteiger partial charge in [-0.15, -0.1) is 0 Å². The van der Waals surface area contributed by atoms with Crippen molar-refractivity contribution in [2.75, 3.05) is 10.2 Å². The molecule has 6 aromatic rings. The third-order valence-corrected chi connectivity index (χ3v) is 6.42. The van der Waals surface area contributed by atoms with E-state index >= 15 is 0 Å². The second kappa shape index (κ2) is 6.56. The highest BCUT2D eigenvalue weighted by atomic mass is 15.2. The summed E-state index contributed by atoms with van der Waals surface area (Å²) in [6.45, 7) is 0. The summed E-state index contributed by atoms with van der Waals surface area (Å²) in [5, 5.41) is 10.9. The maximum atomic E-state index is 4.61. The van der Waals surface area contributed by atoms with E-state index in [0.29, 0.717) is 0 Å². The number of pyridine rings is 1. The Labute approximate surface area is 185 Å². The molecule has 0 saturated heterocycles. The van der Waals surface area contributed by atoms with Gasteiger partial charge in [0, 0.05) is 27.7 Å². The van der Waals surface area contributed by atoms with Gasteiger partial charge in [0.2, 0.25) is 0 Å². The van der Waals surface area contributed by atoms with Crippen LogP contribution in [0.25, 0.3) is 32.3 Å². The molecule has 0 bridgehead atoms. The van der Waals surface area contributed by atoms with Crippen LogP contribution >= 0.6 is 0 Å². The average Bonchev–Trinajstić information content (AvgIpc) is 2.87. The Hall–Kier alpha value is -4.37.